The minimum absolute atomic E-state index is 0.374. The molecule has 0 spiro atoms. The lowest BCUT2D eigenvalue weighted by Gasteiger charge is -2.19. The Balaban J connectivity index is 1.92. The first-order chi connectivity index (χ1) is 12.8. The lowest BCUT2D eigenvalue weighted by Crippen LogP contribution is -2.34. The van der Waals surface area contributed by atoms with Gasteiger partial charge in [0.2, 0.25) is 0 Å². The standard InChI is InChI=1S/C21H24N2O4/c1-21(2,3)27-20(25)22-11-12-23-17-8-6-5-7-15(17)16-10-9-14(13-18(16)23)19(24)26-4/h5-10,13H,11-12H2,1-4H3,(H,22,25). The maximum Gasteiger partial charge on any atom is 0.407 e. The number of carbonyl (C=O) groups is 2. The summed E-state index contributed by atoms with van der Waals surface area (Å²) >= 11 is 0. The summed E-state index contributed by atoms with van der Waals surface area (Å²) in [6.07, 6.45) is -0.446. The van der Waals surface area contributed by atoms with E-state index < -0.39 is 11.7 Å². The van der Waals surface area contributed by atoms with Crippen molar-refractivity contribution in [3.8, 4) is 0 Å². The quantitative estimate of drug-likeness (QED) is 0.704. The molecule has 27 heavy (non-hydrogen) atoms. The predicted octanol–water partition coefficient (Wildman–Crippen LogP) is 4.11. The number of para-hydroxylation sites is 1. The molecule has 1 N–H and O–H groups in total. The highest BCUT2D eigenvalue weighted by atomic mass is 16.6. The zero-order chi connectivity index (χ0) is 19.6. The van der Waals surface area contributed by atoms with Crippen LogP contribution in [-0.4, -0.2) is 35.9 Å². The van der Waals surface area contributed by atoms with Crippen molar-refractivity contribution in [2.75, 3.05) is 13.7 Å². The second-order valence-corrected chi connectivity index (χ2v) is 7.32. The van der Waals surface area contributed by atoms with Crippen LogP contribution in [0.5, 0.6) is 0 Å². The number of hydrogen-bond acceptors (Lipinski definition) is 4. The Labute approximate surface area is 158 Å². The van der Waals surface area contributed by atoms with Crippen LogP contribution in [0.4, 0.5) is 4.79 Å². The average molecular weight is 368 g/mol. The van der Waals surface area contributed by atoms with Gasteiger partial charge in [0.15, 0.2) is 0 Å². The molecule has 0 fully saturated rings. The van der Waals surface area contributed by atoms with Gasteiger partial charge in [0, 0.05) is 29.4 Å². The number of esters is 1. The van der Waals surface area contributed by atoms with Crippen molar-refractivity contribution in [2.45, 2.75) is 32.9 Å². The summed E-state index contributed by atoms with van der Waals surface area (Å²) in [4.78, 5) is 23.8. The molecule has 6 nitrogen and oxygen atoms in total. The molecule has 0 aliphatic rings. The number of aromatic nitrogens is 1. The zero-order valence-electron chi connectivity index (χ0n) is 16.0. The molecular formula is C21H24N2O4. The van der Waals surface area contributed by atoms with Gasteiger partial charge in [0.1, 0.15) is 5.60 Å². The Morgan fingerprint density at radius 3 is 2.44 bits per heavy atom. The van der Waals surface area contributed by atoms with Crippen molar-refractivity contribution in [1.29, 1.82) is 0 Å². The number of benzene rings is 2. The van der Waals surface area contributed by atoms with E-state index in [9.17, 15) is 9.59 Å². The number of ether oxygens (including phenoxy) is 2. The minimum atomic E-state index is -0.535. The first-order valence-electron chi connectivity index (χ1n) is 8.86. The topological polar surface area (TPSA) is 69.6 Å². The van der Waals surface area contributed by atoms with E-state index >= 15 is 0 Å². The van der Waals surface area contributed by atoms with Crippen molar-refractivity contribution in [3.63, 3.8) is 0 Å². The van der Waals surface area contributed by atoms with Crippen LogP contribution in [-0.2, 0) is 16.0 Å². The Bertz CT molecular complexity index is 998. The molecule has 0 bridgehead atoms. The molecule has 2 aromatic carbocycles. The van der Waals surface area contributed by atoms with Crippen LogP contribution < -0.4 is 5.32 Å². The molecule has 1 heterocycles. The van der Waals surface area contributed by atoms with Crippen molar-refractivity contribution >= 4 is 33.9 Å². The summed E-state index contributed by atoms with van der Waals surface area (Å²) in [7, 11) is 1.37. The lowest BCUT2D eigenvalue weighted by atomic mass is 10.1. The maximum atomic E-state index is 11.9. The summed E-state index contributed by atoms with van der Waals surface area (Å²) in [5.74, 6) is -0.374. The number of hydrogen-bond donors (Lipinski definition) is 1. The number of alkyl carbamates (subject to hydrolysis) is 1. The maximum absolute atomic E-state index is 11.9. The Morgan fingerprint density at radius 1 is 1.04 bits per heavy atom. The highest BCUT2D eigenvalue weighted by Gasteiger charge is 2.17. The van der Waals surface area contributed by atoms with Crippen LogP contribution in [0.15, 0.2) is 42.5 Å². The summed E-state index contributed by atoms with van der Waals surface area (Å²) < 4.78 is 12.2. The van der Waals surface area contributed by atoms with Crippen molar-refractivity contribution in [2.24, 2.45) is 0 Å². The molecule has 1 aromatic heterocycles. The molecule has 0 radical (unpaired) electrons. The normalized spacial score (nSPS) is 11.6. The fourth-order valence-electron chi connectivity index (χ4n) is 3.12. The van der Waals surface area contributed by atoms with Gasteiger partial charge in [0.05, 0.1) is 18.2 Å². The van der Waals surface area contributed by atoms with E-state index in [1.807, 2.05) is 57.2 Å². The van der Waals surface area contributed by atoms with Crippen molar-refractivity contribution < 1.29 is 19.1 Å². The first-order valence-corrected chi connectivity index (χ1v) is 8.86. The van der Waals surface area contributed by atoms with Crippen LogP contribution in [0.2, 0.25) is 0 Å². The Hall–Kier alpha value is -3.02. The van der Waals surface area contributed by atoms with Crippen LogP contribution in [0, 0.1) is 0 Å². The Morgan fingerprint density at radius 2 is 1.74 bits per heavy atom. The molecule has 1 amide bonds. The van der Waals surface area contributed by atoms with E-state index in [1.54, 1.807) is 6.07 Å². The fourth-order valence-corrected chi connectivity index (χ4v) is 3.12. The SMILES string of the molecule is COC(=O)c1ccc2c3ccccc3n(CCNC(=O)OC(C)(C)C)c2c1. The molecule has 142 valence electrons. The van der Waals surface area contributed by atoms with Gasteiger partial charge >= 0.3 is 12.1 Å². The molecule has 0 aliphatic carbocycles. The fraction of sp³-hybridized carbons (Fsp3) is 0.333. The van der Waals surface area contributed by atoms with E-state index in [1.165, 1.54) is 7.11 Å². The third-order valence-corrected chi connectivity index (χ3v) is 4.20. The molecule has 0 saturated heterocycles. The van der Waals surface area contributed by atoms with Gasteiger partial charge in [-0.3, -0.25) is 0 Å². The summed E-state index contributed by atoms with van der Waals surface area (Å²) in [6.45, 7) is 6.44. The summed E-state index contributed by atoms with van der Waals surface area (Å²) in [6, 6.07) is 13.6. The molecule has 0 atom stereocenters. The Kier molecular flexibility index (Phi) is 5.08. The number of methoxy groups -OCH3 is 1. The number of carbonyl (C=O) groups excluding carboxylic acids is 2. The third-order valence-electron chi connectivity index (χ3n) is 4.20. The van der Waals surface area contributed by atoms with Crippen LogP contribution in [0.3, 0.4) is 0 Å². The van der Waals surface area contributed by atoms with Crippen LogP contribution in [0.1, 0.15) is 31.1 Å². The zero-order valence-corrected chi connectivity index (χ0v) is 16.0. The first kappa shape index (κ1) is 18.8. The van der Waals surface area contributed by atoms with Gasteiger partial charge in [-0.05, 0) is 39.0 Å². The van der Waals surface area contributed by atoms with Crippen LogP contribution in [0.25, 0.3) is 21.8 Å². The second-order valence-electron chi connectivity index (χ2n) is 7.32. The van der Waals surface area contributed by atoms with Crippen LogP contribution >= 0.6 is 0 Å². The summed E-state index contributed by atoms with van der Waals surface area (Å²) in [5.41, 5.74) is 1.92. The second kappa shape index (κ2) is 7.31. The number of fused-ring (bicyclic) bond motifs is 3. The van der Waals surface area contributed by atoms with Gasteiger partial charge in [-0.2, -0.15) is 0 Å². The molecule has 6 heteroatoms. The molecular weight excluding hydrogens is 344 g/mol. The molecule has 3 aromatic rings. The van der Waals surface area contributed by atoms with Gasteiger partial charge in [0.25, 0.3) is 0 Å². The number of nitrogens with one attached hydrogen (secondary N) is 1. The number of amides is 1. The third kappa shape index (κ3) is 4.05. The van der Waals surface area contributed by atoms with Crippen molar-refractivity contribution in [1.82, 2.24) is 9.88 Å². The lowest BCUT2D eigenvalue weighted by molar-refractivity contribution is 0.0525. The average Bonchev–Trinajstić information content (AvgIpc) is 2.93. The smallest absolute Gasteiger partial charge is 0.407 e. The molecule has 0 saturated carbocycles. The monoisotopic (exact) mass is 368 g/mol. The van der Waals surface area contributed by atoms with E-state index in [2.05, 4.69) is 9.88 Å². The minimum Gasteiger partial charge on any atom is -0.465 e. The highest BCUT2D eigenvalue weighted by Crippen LogP contribution is 2.29. The van der Waals surface area contributed by atoms with E-state index in [0.717, 1.165) is 21.8 Å². The molecule has 0 aliphatic heterocycles. The van der Waals surface area contributed by atoms with Crippen molar-refractivity contribution in [3.05, 3.63) is 48.0 Å². The van der Waals surface area contributed by atoms with E-state index in [0.29, 0.717) is 18.7 Å². The van der Waals surface area contributed by atoms with E-state index in [4.69, 9.17) is 9.47 Å². The number of rotatable bonds is 4. The van der Waals surface area contributed by atoms with Gasteiger partial charge in [-0.1, -0.05) is 24.3 Å². The van der Waals surface area contributed by atoms with Gasteiger partial charge < -0.3 is 19.4 Å². The number of nitrogens with zero attached hydrogens (tertiary/aromatic N) is 1. The molecule has 3 rings (SSSR count). The largest absolute Gasteiger partial charge is 0.465 e. The summed E-state index contributed by atoms with van der Waals surface area (Å²) in [5, 5.41) is 4.93. The molecule has 0 unspecified atom stereocenters. The van der Waals surface area contributed by atoms with E-state index in [-0.39, 0.29) is 5.97 Å². The highest BCUT2D eigenvalue weighted by molar-refractivity contribution is 6.09. The predicted molar refractivity (Wildman–Crippen MR) is 105 cm³/mol. The van der Waals surface area contributed by atoms with Gasteiger partial charge in [-0.15, -0.1) is 0 Å². The van der Waals surface area contributed by atoms with Gasteiger partial charge in [-0.25, -0.2) is 9.59 Å².